The molecule has 0 N–H and O–H groups in total. The second kappa shape index (κ2) is 11.0. The summed E-state index contributed by atoms with van der Waals surface area (Å²) in [6.07, 6.45) is 2.16. The van der Waals surface area contributed by atoms with Gasteiger partial charge in [-0.05, 0) is 49.7 Å². The lowest BCUT2D eigenvalue weighted by molar-refractivity contribution is -0.169. The molecule has 8 heteroatoms. The minimum atomic E-state index is -3.57. The first-order valence-corrected chi connectivity index (χ1v) is 13.1. The maximum absolute atomic E-state index is 15.7. The van der Waals surface area contributed by atoms with E-state index in [9.17, 15) is 9.59 Å². The zero-order valence-electron chi connectivity index (χ0n) is 21.5. The molecule has 0 bridgehead atoms. The van der Waals surface area contributed by atoms with E-state index < -0.39 is 35.9 Å². The lowest BCUT2D eigenvalue weighted by Gasteiger charge is -2.37. The van der Waals surface area contributed by atoms with E-state index in [-0.39, 0.29) is 19.6 Å². The first kappa shape index (κ1) is 26.7. The van der Waals surface area contributed by atoms with E-state index in [1.807, 2.05) is 26.0 Å². The summed E-state index contributed by atoms with van der Waals surface area (Å²) >= 11 is 0. The molecular weight excluding hydrogens is 468 g/mol. The van der Waals surface area contributed by atoms with Crippen molar-refractivity contribution in [2.45, 2.75) is 77.4 Å². The Hall–Kier alpha value is -2.32. The third-order valence-corrected chi connectivity index (χ3v) is 7.48. The highest BCUT2D eigenvalue weighted by molar-refractivity contribution is 6.00. The van der Waals surface area contributed by atoms with Crippen molar-refractivity contribution in [3.8, 4) is 0 Å². The molecule has 6 nitrogen and oxygen atoms in total. The lowest BCUT2D eigenvalue weighted by Crippen LogP contribution is -2.44. The van der Waals surface area contributed by atoms with Crippen molar-refractivity contribution in [1.82, 2.24) is 0 Å². The number of ether oxygens (including phenoxy) is 3. The van der Waals surface area contributed by atoms with Crippen LogP contribution < -0.4 is 4.90 Å². The van der Waals surface area contributed by atoms with Gasteiger partial charge in [0.1, 0.15) is 0 Å². The monoisotopic (exact) mass is 505 g/mol. The van der Waals surface area contributed by atoms with E-state index in [1.54, 1.807) is 19.1 Å². The van der Waals surface area contributed by atoms with Crippen LogP contribution in [-0.4, -0.2) is 50.0 Å². The second-order valence-corrected chi connectivity index (χ2v) is 10.4. The molecule has 3 aliphatic rings. The topological polar surface area (TPSA) is 65.1 Å². The Kier molecular flexibility index (Phi) is 8.15. The van der Waals surface area contributed by atoms with E-state index in [0.29, 0.717) is 68.1 Å². The second-order valence-electron chi connectivity index (χ2n) is 10.4. The number of amides is 1. The fraction of sp³-hybridized carbons (Fsp3) is 0.643. The quantitative estimate of drug-likeness (QED) is 0.418. The Balaban J connectivity index is 1.63. The number of allylic oxidation sites excluding steroid dienone is 1. The first-order valence-electron chi connectivity index (χ1n) is 13.1. The highest BCUT2D eigenvalue weighted by atomic mass is 19.3. The molecule has 2 heterocycles. The van der Waals surface area contributed by atoms with Gasteiger partial charge >= 0.3 is 11.9 Å². The fourth-order valence-corrected chi connectivity index (χ4v) is 5.64. The molecule has 1 spiro atoms. The Labute approximate surface area is 212 Å². The summed E-state index contributed by atoms with van der Waals surface area (Å²) < 4.78 is 48.4. The zero-order chi connectivity index (χ0) is 25.9. The van der Waals surface area contributed by atoms with Gasteiger partial charge in [0.25, 0.3) is 5.91 Å². The number of nitrogens with zero attached hydrogens (tertiary/aromatic N) is 1. The van der Waals surface area contributed by atoms with Crippen molar-refractivity contribution in [3.63, 3.8) is 0 Å². The predicted octanol–water partition coefficient (Wildman–Crippen LogP) is 5.44. The van der Waals surface area contributed by atoms with Crippen molar-refractivity contribution < 1.29 is 32.6 Å². The van der Waals surface area contributed by atoms with E-state index in [0.717, 1.165) is 5.56 Å². The Morgan fingerprint density at radius 1 is 1.14 bits per heavy atom. The maximum Gasteiger partial charge on any atom is 0.334 e. The molecule has 0 radical (unpaired) electrons. The number of para-hydroxylation sites is 1. The van der Waals surface area contributed by atoms with Crippen LogP contribution in [0.2, 0.25) is 0 Å². The van der Waals surface area contributed by atoms with Gasteiger partial charge in [-0.15, -0.1) is 0 Å². The highest BCUT2D eigenvalue weighted by Gasteiger charge is 2.49. The highest BCUT2D eigenvalue weighted by Crippen LogP contribution is 2.45. The minimum Gasteiger partial charge on any atom is -0.463 e. The number of carbonyl (C=O) groups is 2. The van der Waals surface area contributed by atoms with Crippen LogP contribution in [0.5, 0.6) is 0 Å². The third kappa shape index (κ3) is 5.65. The van der Waals surface area contributed by atoms with Crippen LogP contribution in [0, 0.1) is 11.8 Å². The van der Waals surface area contributed by atoms with E-state index in [2.05, 4.69) is 0 Å². The van der Waals surface area contributed by atoms with Crippen LogP contribution in [0.3, 0.4) is 0 Å². The molecule has 0 aromatic heterocycles. The number of hydrogen-bond donors (Lipinski definition) is 0. The van der Waals surface area contributed by atoms with Gasteiger partial charge in [0.15, 0.2) is 5.79 Å². The average molecular weight is 506 g/mol. The number of hydrogen-bond acceptors (Lipinski definition) is 5. The number of halogens is 2. The maximum atomic E-state index is 15.7. The number of esters is 1. The van der Waals surface area contributed by atoms with Gasteiger partial charge in [-0.3, -0.25) is 4.79 Å². The van der Waals surface area contributed by atoms with E-state index in [4.69, 9.17) is 14.2 Å². The van der Waals surface area contributed by atoms with Crippen LogP contribution in [-0.2, 0) is 30.2 Å². The predicted molar refractivity (Wildman–Crippen MR) is 132 cm³/mol. The molecule has 198 valence electrons. The van der Waals surface area contributed by atoms with Crippen molar-refractivity contribution >= 4 is 17.6 Å². The Bertz CT molecular complexity index is 999. The number of alkyl halides is 2. The molecule has 0 saturated carbocycles. The fourth-order valence-electron chi connectivity index (χ4n) is 5.64. The van der Waals surface area contributed by atoms with Gasteiger partial charge < -0.3 is 19.1 Å². The molecule has 36 heavy (non-hydrogen) atoms. The van der Waals surface area contributed by atoms with Gasteiger partial charge in [0, 0.05) is 37.1 Å². The summed E-state index contributed by atoms with van der Waals surface area (Å²) in [4.78, 5) is 27.3. The number of benzene rings is 1. The van der Waals surface area contributed by atoms with Crippen LogP contribution in [0.15, 0.2) is 35.4 Å². The molecule has 1 unspecified atom stereocenters. The third-order valence-electron chi connectivity index (χ3n) is 7.48. The summed E-state index contributed by atoms with van der Waals surface area (Å²) in [6, 6.07) is 7.20. The molecule has 1 aromatic rings. The van der Waals surface area contributed by atoms with E-state index in [1.165, 1.54) is 4.90 Å². The molecule has 1 fully saturated rings. The number of fused-ring (bicyclic) bond motifs is 1. The van der Waals surface area contributed by atoms with Gasteiger partial charge in [0.05, 0.1) is 19.8 Å². The van der Waals surface area contributed by atoms with Crippen LogP contribution in [0.25, 0.3) is 0 Å². The van der Waals surface area contributed by atoms with Gasteiger partial charge in [0.2, 0.25) is 0 Å². The normalized spacial score (nSPS) is 20.2. The molecule has 1 atom stereocenters. The Morgan fingerprint density at radius 3 is 2.56 bits per heavy atom. The standard InChI is InChI=1S/C28H37F2NO5/c1-4-34-25(32)23-18-27(35-15-16-36-27)13-11-22(23)21(10-9-19(2)3)17-28(29,30)26(33)31-14-12-20-7-5-6-8-24(20)31/h5-8,19,21H,4,9-18H2,1-3H3. The molecule has 1 saturated heterocycles. The summed E-state index contributed by atoms with van der Waals surface area (Å²) in [7, 11) is 0. The number of anilines is 1. The van der Waals surface area contributed by atoms with Crippen LogP contribution in [0.1, 0.15) is 64.9 Å². The summed E-state index contributed by atoms with van der Waals surface area (Å²) in [5, 5.41) is 0. The summed E-state index contributed by atoms with van der Waals surface area (Å²) in [5.41, 5.74) is 2.49. The molecule has 4 rings (SSSR count). The molecular formula is C28H37F2NO5. The smallest absolute Gasteiger partial charge is 0.334 e. The molecule has 1 aliphatic carbocycles. The van der Waals surface area contributed by atoms with Crippen molar-refractivity contribution in [3.05, 3.63) is 41.0 Å². The molecule has 2 aliphatic heterocycles. The zero-order valence-corrected chi connectivity index (χ0v) is 21.5. The van der Waals surface area contributed by atoms with Gasteiger partial charge in [-0.2, -0.15) is 8.78 Å². The summed E-state index contributed by atoms with van der Waals surface area (Å²) in [6.45, 7) is 7.10. The molecule has 1 amide bonds. The lowest BCUT2D eigenvalue weighted by atomic mass is 9.76. The number of rotatable bonds is 9. The van der Waals surface area contributed by atoms with Crippen molar-refractivity contribution in [1.29, 1.82) is 0 Å². The Morgan fingerprint density at radius 2 is 1.86 bits per heavy atom. The van der Waals surface area contributed by atoms with Gasteiger partial charge in [-0.1, -0.05) is 44.0 Å². The average Bonchev–Trinajstić information content (AvgIpc) is 3.48. The first-order chi connectivity index (χ1) is 17.2. The van der Waals surface area contributed by atoms with E-state index >= 15 is 8.78 Å². The van der Waals surface area contributed by atoms with Crippen molar-refractivity contribution in [2.24, 2.45) is 11.8 Å². The van der Waals surface area contributed by atoms with Crippen LogP contribution in [0.4, 0.5) is 14.5 Å². The van der Waals surface area contributed by atoms with Gasteiger partial charge in [-0.25, -0.2) is 4.79 Å². The van der Waals surface area contributed by atoms with Crippen LogP contribution >= 0.6 is 0 Å². The SMILES string of the molecule is CCOC(=O)C1=C(C(CCC(C)C)CC(F)(F)C(=O)N2CCc3ccccc32)CCC2(C1)OCCO2. The minimum absolute atomic E-state index is 0.179. The van der Waals surface area contributed by atoms with Crippen molar-refractivity contribution in [2.75, 3.05) is 31.3 Å². The molecule has 1 aromatic carbocycles. The number of carbonyl (C=O) groups excluding carboxylic acids is 2. The summed E-state index contributed by atoms with van der Waals surface area (Å²) in [5.74, 6) is -6.47. The largest absolute Gasteiger partial charge is 0.463 e.